The molecule has 0 aliphatic carbocycles. The predicted octanol–water partition coefficient (Wildman–Crippen LogP) is 2.15. The third kappa shape index (κ3) is 3.93. The lowest BCUT2D eigenvalue weighted by Gasteiger charge is -2.30. The molecule has 1 heterocycles. The summed E-state index contributed by atoms with van der Waals surface area (Å²) in [4.78, 5) is 0. The van der Waals surface area contributed by atoms with Crippen LogP contribution in [0.2, 0.25) is 0 Å². The van der Waals surface area contributed by atoms with Crippen LogP contribution in [0.5, 0.6) is 5.75 Å². The first kappa shape index (κ1) is 14.3. The molecule has 0 saturated carbocycles. The van der Waals surface area contributed by atoms with Crippen molar-refractivity contribution in [2.75, 3.05) is 26.9 Å². The van der Waals surface area contributed by atoms with E-state index in [2.05, 4.69) is 17.4 Å². The summed E-state index contributed by atoms with van der Waals surface area (Å²) in [5, 5.41) is 3.31. The molecule has 1 N–H and O–H groups in total. The Morgan fingerprint density at radius 2 is 2.16 bits per heavy atom. The first-order valence-electron chi connectivity index (χ1n) is 6.84. The maximum atomic E-state index is 5.78. The van der Waals surface area contributed by atoms with Gasteiger partial charge in [0.05, 0.1) is 32.0 Å². The highest BCUT2D eigenvalue weighted by Gasteiger charge is 2.25. The van der Waals surface area contributed by atoms with E-state index >= 15 is 0 Å². The fourth-order valence-electron chi connectivity index (χ4n) is 2.32. The van der Waals surface area contributed by atoms with E-state index in [0.29, 0.717) is 19.8 Å². The van der Waals surface area contributed by atoms with Gasteiger partial charge in [0.25, 0.3) is 0 Å². The Bertz CT molecular complexity index is 389. The second-order valence-electron chi connectivity index (χ2n) is 4.99. The molecule has 1 aromatic carbocycles. The number of hydrogen-bond donors (Lipinski definition) is 1. The van der Waals surface area contributed by atoms with E-state index in [4.69, 9.17) is 14.2 Å². The van der Waals surface area contributed by atoms with Crippen molar-refractivity contribution in [2.24, 2.45) is 0 Å². The molecular weight excluding hydrogens is 242 g/mol. The third-order valence-corrected chi connectivity index (χ3v) is 3.11. The summed E-state index contributed by atoms with van der Waals surface area (Å²) in [6, 6.07) is 8.28. The second-order valence-corrected chi connectivity index (χ2v) is 4.99. The number of rotatable bonds is 5. The van der Waals surface area contributed by atoms with Crippen LogP contribution >= 0.6 is 0 Å². The quantitative estimate of drug-likeness (QED) is 0.885. The highest BCUT2D eigenvalue weighted by molar-refractivity contribution is 5.31. The van der Waals surface area contributed by atoms with Gasteiger partial charge in [-0.1, -0.05) is 12.1 Å². The van der Waals surface area contributed by atoms with Crippen LogP contribution in [0.1, 0.15) is 25.5 Å². The summed E-state index contributed by atoms with van der Waals surface area (Å²) in [7, 11) is 1.94. The molecule has 0 bridgehead atoms. The van der Waals surface area contributed by atoms with Gasteiger partial charge in [-0.15, -0.1) is 0 Å². The van der Waals surface area contributed by atoms with Gasteiger partial charge < -0.3 is 19.5 Å². The maximum absolute atomic E-state index is 5.78. The zero-order chi connectivity index (χ0) is 13.7. The Morgan fingerprint density at radius 1 is 1.32 bits per heavy atom. The van der Waals surface area contributed by atoms with E-state index < -0.39 is 0 Å². The molecule has 1 aliphatic heterocycles. The summed E-state index contributed by atoms with van der Waals surface area (Å²) in [6.45, 7) is 6.02. The molecule has 0 aromatic heterocycles. The molecule has 0 spiro atoms. The molecule has 1 fully saturated rings. The van der Waals surface area contributed by atoms with Gasteiger partial charge in [-0.3, -0.25) is 0 Å². The molecule has 1 saturated heterocycles. The third-order valence-electron chi connectivity index (χ3n) is 3.11. The Labute approximate surface area is 115 Å². The van der Waals surface area contributed by atoms with Crippen molar-refractivity contribution < 1.29 is 14.2 Å². The molecule has 2 rings (SSSR count). The molecule has 0 amide bonds. The van der Waals surface area contributed by atoms with Gasteiger partial charge in [-0.25, -0.2) is 0 Å². The van der Waals surface area contributed by atoms with Crippen LogP contribution in [-0.2, 0) is 9.47 Å². The topological polar surface area (TPSA) is 39.7 Å². The van der Waals surface area contributed by atoms with Gasteiger partial charge in [-0.05, 0) is 38.6 Å². The molecule has 106 valence electrons. The van der Waals surface area contributed by atoms with Crippen LogP contribution < -0.4 is 10.1 Å². The van der Waals surface area contributed by atoms with E-state index in [1.165, 1.54) is 0 Å². The monoisotopic (exact) mass is 265 g/mol. The van der Waals surface area contributed by atoms with Gasteiger partial charge in [0, 0.05) is 0 Å². The minimum Gasteiger partial charge on any atom is -0.491 e. The number of likely N-dealkylation sites (N-methyl/N-ethyl adjacent to an activating group) is 1. The first-order valence-corrected chi connectivity index (χ1v) is 6.84. The van der Waals surface area contributed by atoms with E-state index in [9.17, 15) is 0 Å². The van der Waals surface area contributed by atoms with Crippen LogP contribution in [0.15, 0.2) is 24.3 Å². The van der Waals surface area contributed by atoms with Crippen molar-refractivity contribution in [3.63, 3.8) is 0 Å². The summed E-state index contributed by atoms with van der Waals surface area (Å²) < 4.78 is 17.0. The lowest BCUT2D eigenvalue weighted by Crippen LogP contribution is -2.39. The minimum atomic E-state index is 0.0491. The summed E-state index contributed by atoms with van der Waals surface area (Å²) in [5.74, 6) is 0.893. The molecular formula is C15H23NO3. The molecule has 2 unspecified atom stereocenters. The summed E-state index contributed by atoms with van der Waals surface area (Å²) >= 11 is 0. The van der Waals surface area contributed by atoms with Gasteiger partial charge >= 0.3 is 0 Å². The molecule has 4 nitrogen and oxygen atoms in total. The smallest absolute Gasteiger partial charge is 0.120 e. The molecule has 1 aromatic rings. The molecule has 0 radical (unpaired) electrons. The second kappa shape index (κ2) is 6.89. The van der Waals surface area contributed by atoms with Crippen molar-refractivity contribution in [3.8, 4) is 5.75 Å². The molecule has 2 atom stereocenters. The predicted molar refractivity (Wildman–Crippen MR) is 74.6 cm³/mol. The van der Waals surface area contributed by atoms with Crippen LogP contribution in [-0.4, -0.2) is 39.1 Å². The highest BCUT2D eigenvalue weighted by atomic mass is 16.6. The summed E-state index contributed by atoms with van der Waals surface area (Å²) in [6.07, 6.45) is 0.227. The maximum Gasteiger partial charge on any atom is 0.120 e. The average molecular weight is 265 g/mol. The van der Waals surface area contributed by atoms with Crippen LogP contribution in [0.4, 0.5) is 0 Å². The Hall–Kier alpha value is -1.10. The van der Waals surface area contributed by atoms with E-state index in [-0.39, 0.29) is 18.2 Å². The van der Waals surface area contributed by atoms with Crippen molar-refractivity contribution in [1.82, 2.24) is 5.32 Å². The Balaban J connectivity index is 2.12. The molecule has 1 aliphatic rings. The Morgan fingerprint density at radius 3 is 2.79 bits per heavy atom. The number of hydrogen-bond acceptors (Lipinski definition) is 4. The van der Waals surface area contributed by atoms with Crippen molar-refractivity contribution >= 4 is 0 Å². The Kier molecular flexibility index (Phi) is 5.19. The summed E-state index contributed by atoms with van der Waals surface area (Å²) in [5.41, 5.74) is 1.16. The highest BCUT2D eigenvalue weighted by Crippen LogP contribution is 2.25. The SMILES string of the molecule is CNC(c1cccc(OC(C)C)c1)C1COCCO1. The van der Waals surface area contributed by atoms with Crippen LogP contribution in [0.3, 0.4) is 0 Å². The van der Waals surface area contributed by atoms with E-state index in [1.54, 1.807) is 0 Å². The average Bonchev–Trinajstić information content (AvgIpc) is 2.40. The van der Waals surface area contributed by atoms with Gasteiger partial charge in [-0.2, -0.15) is 0 Å². The standard InChI is InChI=1S/C15H23NO3/c1-11(2)19-13-6-4-5-12(9-13)15(16-3)14-10-17-7-8-18-14/h4-6,9,11,14-16H,7-8,10H2,1-3H3. The van der Waals surface area contributed by atoms with Crippen molar-refractivity contribution in [2.45, 2.75) is 32.1 Å². The molecule has 4 heteroatoms. The van der Waals surface area contributed by atoms with E-state index in [1.807, 2.05) is 33.0 Å². The van der Waals surface area contributed by atoms with Crippen LogP contribution in [0, 0.1) is 0 Å². The number of ether oxygens (including phenoxy) is 3. The van der Waals surface area contributed by atoms with Crippen molar-refractivity contribution in [1.29, 1.82) is 0 Å². The lowest BCUT2D eigenvalue weighted by molar-refractivity contribution is -0.101. The van der Waals surface area contributed by atoms with Crippen molar-refractivity contribution in [3.05, 3.63) is 29.8 Å². The fourth-order valence-corrected chi connectivity index (χ4v) is 2.32. The zero-order valence-electron chi connectivity index (χ0n) is 11.9. The van der Waals surface area contributed by atoms with Gasteiger partial charge in [0.1, 0.15) is 11.9 Å². The lowest BCUT2D eigenvalue weighted by atomic mass is 10.0. The van der Waals surface area contributed by atoms with E-state index in [0.717, 1.165) is 11.3 Å². The first-order chi connectivity index (χ1) is 9.20. The van der Waals surface area contributed by atoms with Gasteiger partial charge in [0.2, 0.25) is 0 Å². The van der Waals surface area contributed by atoms with Crippen LogP contribution in [0.25, 0.3) is 0 Å². The minimum absolute atomic E-state index is 0.0491. The normalized spacial score (nSPS) is 21.4. The largest absolute Gasteiger partial charge is 0.491 e. The number of nitrogens with one attached hydrogen (secondary N) is 1. The number of benzene rings is 1. The molecule has 19 heavy (non-hydrogen) atoms. The zero-order valence-corrected chi connectivity index (χ0v) is 11.9. The fraction of sp³-hybridized carbons (Fsp3) is 0.600. The van der Waals surface area contributed by atoms with Gasteiger partial charge in [0.15, 0.2) is 0 Å².